The second-order valence-electron chi connectivity index (χ2n) is 7.64. The standard InChI is InChI=1S/C27H25BrN2O3/c1-4-32-27(31)22-14-15-30(19(22)3)26-11-7-9-24(29-26)23-8-5-6-10-25(23)33-17-20-12-13-21(28)16-18(20)2/h5-16H,4,17H2,1-3H3. The number of pyridine rings is 1. The van der Waals surface area contributed by atoms with Gasteiger partial charge in [0.1, 0.15) is 18.2 Å². The largest absolute Gasteiger partial charge is 0.488 e. The molecule has 2 heterocycles. The minimum atomic E-state index is -0.327. The van der Waals surface area contributed by atoms with Gasteiger partial charge in [-0.3, -0.25) is 0 Å². The first-order valence-corrected chi connectivity index (χ1v) is 11.6. The van der Waals surface area contributed by atoms with Crippen molar-refractivity contribution in [3.05, 3.63) is 99.8 Å². The third-order valence-electron chi connectivity index (χ3n) is 5.47. The van der Waals surface area contributed by atoms with Crippen LogP contribution in [0.5, 0.6) is 5.75 Å². The number of carbonyl (C=O) groups is 1. The molecule has 4 aromatic rings. The number of rotatable bonds is 7. The van der Waals surface area contributed by atoms with Crippen LogP contribution in [0.1, 0.15) is 34.1 Å². The van der Waals surface area contributed by atoms with E-state index in [1.165, 1.54) is 5.56 Å². The Bertz CT molecular complexity index is 1300. The van der Waals surface area contributed by atoms with Gasteiger partial charge in [-0.25, -0.2) is 9.78 Å². The Morgan fingerprint density at radius 1 is 1.03 bits per heavy atom. The predicted molar refractivity (Wildman–Crippen MR) is 133 cm³/mol. The summed E-state index contributed by atoms with van der Waals surface area (Å²) >= 11 is 3.51. The van der Waals surface area contributed by atoms with Crippen molar-refractivity contribution in [3.63, 3.8) is 0 Å². The molecule has 0 aliphatic heterocycles. The molecule has 0 saturated carbocycles. The number of ether oxygens (including phenoxy) is 2. The molecule has 0 saturated heterocycles. The van der Waals surface area contributed by atoms with Crippen molar-refractivity contribution in [1.29, 1.82) is 0 Å². The summed E-state index contributed by atoms with van der Waals surface area (Å²) in [5, 5.41) is 0. The molecule has 33 heavy (non-hydrogen) atoms. The van der Waals surface area contributed by atoms with Crippen LogP contribution in [0.15, 0.2) is 77.4 Å². The molecule has 0 unspecified atom stereocenters. The molecule has 0 spiro atoms. The van der Waals surface area contributed by atoms with Crippen LogP contribution < -0.4 is 4.74 Å². The van der Waals surface area contributed by atoms with E-state index in [0.717, 1.165) is 38.6 Å². The van der Waals surface area contributed by atoms with Gasteiger partial charge in [0.15, 0.2) is 0 Å². The Morgan fingerprint density at radius 2 is 1.85 bits per heavy atom. The zero-order chi connectivity index (χ0) is 23.4. The SMILES string of the molecule is CCOC(=O)c1ccn(-c2cccc(-c3ccccc3OCc3ccc(Br)cc3C)n2)c1C. The van der Waals surface area contributed by atoms with E-state index in [0.29, 0.717) is 18.8 Å². The van der Waals surface area contributed by atoms with E-state index in [1.807, 2.05) is 66.2 Å². The predicted octanol–water partition coefficient (Wildman–Crippen LogP) is 6.67. The van der Waals surface area contributed by atoms with Gasteiger partial charge in [0, 0.05) is 21.9 Å². The highest BCUT2D eigenvalue weighted by Gasteiger charge is 2.16. The van der Waals surface area contributed by atoms with Crippen LogP contribution in [-0.2, 0) is 11.3 Å². The number of esters is 1. The fourth-order valence-corrected chi connectivity index (χ4v) is 4.15. The van der Waals surface area contributed by atoms with Gasteiger partial charge in [0.05, 0.1) is 17.9 Å². The lowest BCUT2D eigenvalue weighted by atomic mass is 10.1. The number of halogens is 1. The molecule has 0 radical (unpaired) electrons. The topological polar surface area (TPSA) is 53.4 Å². The van der Waals surface area contributed by atoms with Crippen LogP contribution in [0, 0.1) is 13.8 Å². The first-order valence-electron chi connectivity index (χ1n) is 10.8. The smallest absolute Gasteiger partial charge is 0.339 e. The number of benzene rings is 2. The second-order valence-corrected chi connectivity index (χ2v) is 8.56. The van der Waals surface area contributed by atoms with Crippen molar-refractivity contribution in [2.24, 2.45) is 0 Å². The molecular weight excluding hydrogens is 480 g/mol. The van der Waals surface area contributed by atoms with E-state index in [4.69, 9.17) is 14.5 Å². The van der Waals surface area contributed by atoms with Crippen molar-refractivity contribution < 1.29 is 14.3 Å². The average Bonchev–Trinajstić information content (AvgIpc) is 3.20. The highest BCUT2D eigenvalue weighted by Crippen LogP contribution is 2.30. The summed E-state index contributed by atoms with van der Waals surface area (Å²) in [5.74, 6) is 1.16. The molecule has 0 fully saturated rings. The van der Waals surface area contributed by atoms with Crippen LogP contribution in [0.2, 0.25) is 0 Å². The van der Waals surface area contributed by atoms with Gasteiger partial charge >= 0.3 is 5.97 Å². The summed E-state index contributed by atoms with van der Waals surface area (Å²) in [5.41, 5.74) is 5.32. The van der Waals surface area contributed by atoms with Crippen molar-refractivity contribution >= 4 is 21.9 Å². The highest BCUT2D eigenvalue weighted by atomic mass is 79.9. The van der Waals surface area contributed by atoms with Gasteiger partial charge in [-0.2, -0.15) is 0 Å². The lowest BCUT2D eigenvalue weighted by Crippen LogP contribution is -2.07. The average molecular weight is 505 g/mol. The molecule has 2 aromatic carbocycles. The molecule has 0 aliphatic rings. The van der Waals surface area contributed by atoms with Crippen LogP contribution in [0.4, 0.5) is 0 Å². The highest BCUT2D eigenvalue weighted by molar-refractivity contribution is 9.10. The Hall–Kier alpha value is -3.38. The summed E-state index contributed by atoms with van der Waals surface area (Å²) in [6.45, 7) is 6.57. The van der Waals surface area contributed by atoms with E-state index < -0.39 is 0 Å². The molecule has 0 aliphatic carbocycles. The molecule has 0 N–H and O–H groups in total. The summed E-state index contributed by atoms with van der Waals surface area (Å²) in [7, 11) is 0. The number of carbonyl (C=O) groups excluding carboxylic acids is 1. The summed E-state index contributed by atoms with van der Waals surface area (Å²) in [6, 6.07) is 21.7. The summed E-state index contributed by atoms with van der Waals surface area (Å²) in [6.07, 6.45) is 1.84. The number of aromatic nitrogens is 2. The van der Waals surface area contributed by atoms with Gasteiger partial charge in [-0.15, -0.1) is 0 Å². The third-order valence-corrected chi connectivity index (χ3v) is 5.96. The first-order chi connectivity index (χ1) is 16.0. The molecule has 168 valence electrons. The van der Waals surface area contributed by atoms with Crippen LogP contribution >= 0.6 is 15.9 Å². The zero-order valence-corrected chi connectivity index (χ0v) is 20.4. The van der Waals surface area contributed by atoms with Gasteiger partial charge in [-0.1, -0.05) is 40.2 Å². The minimum Gasteiger partial charge on any atom is -0.488 e. The molecule has 0 atom stereocenters. The van der Waals surface area contributed by atoms with Crippen LogP contribution in [-0.4, -0.2) is 22.1 Å². The van der Waals surface area contributed by atoms with Crippen molar-refractivity contribution in [3.8, 4) is 22.8 Å². The Labute approximate surface area is 202 Å². The number of hydrogen-bond donors (Lipinski definition) is 0. The lowest BCUT2D eigenvalue weighted by molar-refractivity contribution is 0.0525. The zero-order valence-electron chi connectivity index (χ0n) is 18.8. The fraction of sp³-hybridized carbons (Fsp3) is 0.185. The van der Waals surface area contributed by atoms with Crippen LogP contribution in [0.25, 0.3) is 17.1 Å². The minimum absolute atomic E-state index is 0.327. The fourth-order valence-electron chi connectivity index (χ4n) is 3.67. The molecule has 4 rings (SSSR count). The molecule has 6 heteroatoms. The van der Waals surface area contributed by atoms with E-state index in [1.54, 1.807) is 13.0 Å². The van der Waals surface area contributed by atoms with Crippen molar-refractivity contribution in [1.82, 2.24) is 9.55 Å². The molecule has 0 bridgehead atoms. The molecular formula is C27H25BrN2O3. The van der Waals surface area contributed by atoms with E-state index in [-0.39, 0.29) is 5.97 Å². The van der Waals surface area contributed by atoms with Gasteiger partial charge in [0.25, 0.3) is 0 Å². The van der Waals surface area contributed by atoms with Gasteiger partial charge < -0.3 is 14.0 Å². The van der Waals surface area contributed by atoms with Gasteiger partial charge in [0.2, 0.25) is 0 Å². The van der Waals surface area contributed by atoms with Gasteiger partial charge in [-0.05, 0) is 74.4 Å². The van der Waals surface area contributed by atoms with Crippen molar-refractivity contribution in [2.45, 2.75) is 27.4 Å². The maximum Gasteiger partial charge on any atom is 0.339 e. The molecule has 2 aromatic heterocycles. The lowest BCUT2D eigenvalue weighted by Gasteiger charge is -2.14. The first kappa shape index (κ1) is 22.8. The quantitative estimate of drug-likeness (QED) is 0.263. The molecule has 5 nitrogen and oxygen atoms in total. The Morgan fingerprint density at radius 3 is 2.64 bits per heavy atom. The molecule has 0 amide bonds. The van der Waals surface area contributed by atoms with Crippen molar-refractivity contribution in [2.75, 3.05) is 6.61 Å². The number of hydrogen-bond acceptors (Lipinski definition) is 4. The number of para-hydroxylation sites is 1. The van der Waals surface area contributed by atoms with E-state index in [9.17, 15) is 4.79 Å². The number of nitrogens with zero attached hydrogens (tertiary/aromatic N) is 2. The summed E-state index contributed by atoms with van der Waals surface area (Å²) in [4.78, 5) is 17.1. The Balaban J connectivity index is 1.63. The maximum atomic E-state index is 12.2. The normalized spacial score (nSPS) is 10.8. The van der Waals surface area contributed by atoms with E-state index >= 15 is 0 Å². The van der Waals surface area contributed by atoms with E-state index in [2.05, 4.69) is 35.0 Å². The maximum absolute atomic E-state index is 12.2. The number of aryl methyl sites for hydroxylation is 1. The summed E-state index contributed by atoms with van der Waals surface area (Å²) < 4.78 is 14.3. The van der Waals surface area contributed by atoms with Crippen LogP contribution in [0.3, 0.4) is 0 Å². The third kappa shape index (κ3) is 5.01. The second kappa shape index (κ2) is 10.0. The Kier molecular flexibility index (Phi) is 6.94. The monoisotopic (exact) mass is 504 g/mol.